The number of carbonyl (C=O) groups excluding carboxylic acids is 1. The number of ether oxygens (including phenoxy) is 2. The molecule has 3 heterocycles. The lowest BCUT2D eigenvalue weighted by molar-refractivity contribution is -0.118. The number of H-pyrrole nitrogens is 1. The van der Waals surface area contributed by atoms with Crippen molar-refractivity contribution in [1.29, 1.82) is 0 Å². The topological polar surface area (TPSA) is 129 Å². The predicted molar refractivity (Wildman–Crippen MR) is 138 cm³/mol. The summed E-state index contributed by atoms with van der Waals surface area (Å²) in [6, 6.07) is 14.6. The molecular weight excluding hydrogens is 474 g/mol. The fourth-order valence-electron chi connectivity index (χ4n) is 3.96. The van der Waals surface area contributed by atoms with E-state index in [1.165, 1.54) is 18.0 Å². The zero-order valence-electron chi connectivity index (χ0n) is 20.8. The van der Waals surface area contributed by atoms with Crippen molar-refractivity contribution >= 4 is 22.8 Å². The van der Waals surface area contributed by atoms with Crippen LogP contribution in [0.4, 0.5) is 5.82 Å². The van der Waals surface area contributed by atoms with Crippen molar-refractivity contribution in [3.8, 4) is 23.1 Å². The number of methoxy groups -OCH3 is 1. The van der Waals surface area contributed by atoms with Crippen LogP contribution in [0.25, 0.3) is 22.7 Å². The van der Waals surface area contributed by atoms with Crippen molar-refractivity contribution in [1.82, 2.24) is 29.5 Å². The number of nitrogens with one attached hydrogen (secondary N) is 2. The van der Waals surface area contributed by atoms with Crippen LogP contribution in [0, 0.1) is 20.8 Å². The summed E-state index contributed by atoms with van der Waals surface area (Å²) >= 11 is 0. The summed E-state index contributed by atoms with van der Waals surface area (Å²) in [5, 5.41) is 11.9. The van der Waals surface area contributed by atoms with Gasteiger partial charge in [0.25, 0.3) is 11.5 Å². The second kappa shape index (κ2) is 9.61. The fraction of sp³-hybridized carbons (Fsp3) is 0.192. The number of aryl methyl sites for hydroxylation is 2. The van der Waals surface area contributed by atoms with Crippen LogP contribution in [0.1, 0.15) is 16.8 Å². The molecule has 5 aromatic rings. The SMILES string of the molecule is COc1ccccc1OCC(=O)Nc1cc(C)nn1-c1nc2c(cnn2-c2cccc(C)c2C)c(=O)[nH]1. The van der Waals surface area contributed by atoms with Crippen LogP contribution < -0.4 is 20.3 Å². The van der Waals surface area contributed by atoms with Crippen molar-refractivity contribution in [2.45, 2.75) is 20.8 Å². The lowest BCUT2D eigenvalue weighted by atomic mass is 10.1. The van der Waals surface area contributed by atoms with Crippen molar-refractivity contribution in [3.63, 3.8) is 0 Å². The Bertz CT molecular complexity index is 1680. The number of carbonyl (C=O) groups is 1. The molecule has 3 aromatic heterocycles. The number of fused-ring (bicyclic) bond motifs is 1. The maximum Gasteiger partial charge on any atom is 0.263 e. The fourth-order valence-corrected chi connectivity index (χ4v) is 3.96. The minimum atomic E-state index is -0.420. The van der Waals surface area contributed by atoms with Gasteiger partial charge in [-0.15, -0.1) is 0 Å². The van der Waals surface area contributed by atoms with E-state index in [9.17, 15) is 9.59 Å². The minimum Gasteiger partial charge on any atom is -0.493 e. The van der Waals surface area contributed by atoms with Crippen LogP contribution in [0.2, 0.25) is 0 Å². The van der Waals surface area contributed by atoms with Gasteiger partial charge in [-0.2, -0.15) is 19.9 Å². The molecule has 0 aliphatic rings. The number of hydrogen-bond acceptors (Lipinski definition) is 7. The lowest BCUT2D eigenvalue weighted by Crippen LogP contribution is -2.23. The van der Waals surface area contributed by atoms with E-state index in [0.717, 1.165) is 16.8 Å². The van der Waals surface area contributed by atoms with E-state index in [2.05, 4.69) is 25.5 Å². The Balaban J connectivity index is 1.47. The highest BCUT2D eigenvalue weighted by molar-refractivity contribution is 5.91. The average molecular weight is 500 g/mol. The van der Waals surface area contributed by atoms with E-state index < -0.39 is 5.91 Å². The first kappa shape index (κ1) is 23.8. The summed E-state index contributed by atoms with van der Waals surface area (Å²) < 4.78 is 13.9. The number of nitrogens with zero attached hydrogens (tertiary/aromatic N) is 5. The van der Waals surface area contributed by atoms with Crippen molar-refractivity contribution in [2.24, 2.45) is 0 Å². The number of hydrogen-bond donors (Lipinski definition) is 2. The molecule has 0 aliphatic heterocycles. The Morgan fingerprint density at radius 1 is 1.05 bits per heavy atom. The highest BCUT2D eigenvalue weighted by Crippen LogP contribution is 2.26. The van der Waals surface area contributed by atoms with Crippen molar-refractivity contribution in [2.75, 3.05) is 19.0 Å². The standard InChI is InChI=1S/C26H25N7O4/c1-15-8-7-9-19(17(15)3)32-24-18(13-27-32)25(35)30-26(29-24)33-22(12-16(2)31-33)28-23(34)14-37-21-11-6-5-10-20(21)36-4/h5-13H,14H2,1-4H3,(H,28,34)(H,29,30,35). The van der Waals surface area contributed by atoms with Crippen molar-refractivity contribution in [3.05, 3.63) is 81.9 Å². The molecular formula is C26H25N7O4. The molecule has 5 rings (SSSR count). The highest BCUT2D eigenvalue weighted by atomic mass is 16.5. The largest absolute Gasteiger partial charge is 0.493 e. The smallest absolute Gasteiger partial charge is 0.263 e. The van der Waals surface area contributed by atoms with Crippen molar-refractivity contribution < 1.29 is 14.3 Å². The maximum absolute atomic E-state index is 12.9. The maximum atomic E-state index is 12.9. The monoisotopic (exact) mass is 499 g/mol. The quantitative estimate of drug-likeness (QED) is 0.352. The predicted octanol–water partition coefficient (Wildman–Crippen LogP) is 3.25. The van der Waals surface area contributed by atoms with E-state index in [-0.39, 0.29) is 18.1 Å². The van der Waals surface area contributed by atoms with E-state index in [0.29, 0.717) is 34.0 Å². The number of benzene rings is 2. The van der Waals surface area contributed by atoms with Crippen LogP contribution in [0.15, 0.2) is 59.5 Å². The van der Waals surface area contributed by atoms with Crippen LogP contribution in [0.3, 0.4) is 0 Å². The van der Waals surface area contributed by atoms with Gasteiger partial charge >= 0.3 is 0 Å². The second-order valence-corrected chi connectivity index (χ2v) is 8.47. The van der Waals surface area contributed by atoms with Gasteiger partial charge in [-0.1, -0.05) is 24.3 Å². The number of aromatic amines is 1. The third kappa shape index (κ3) is 4.54. The third-order valence-electron chi connectivity index (χ3n) is 5.96. The summed E-state index contributed by atoms with van der Waals surface area (Å²) in [4.78, 5) is 33.0. The molecule has 0 bridgehead atoms. The molecule has 0 saturated carbocycles. The molecule has 0 aliphatic carbocycles. The molecule has 0 unspecified atom stereocenters. The van der Waals surface area contributed by atoms with E-state index >= 15 is 0 Å². The van der Waals surface area contributed by atoms with Gasteiger partial charge in [0.2, 0.25) is 5.95 Å². The molecule has 11 heteroatoms. The first-order chi connectivity index (χ1) is 17.9. The number of aromatic nitrogens is 6. The van der Waals surface area contributed by atoms with E-state index in [1.807, 2.05) is 38.1 Å². The molecule has 0 saturated heterocycles. The molecule has 188 valence electrons. The first-order valence-electron chi connectivity index (χ1n) is 11.5. The lowest BCUT2D eigenvalue weighted by Gasteiger charge is -2.12. The van der Waals surface area contributed by atoms with Gasteiger partial charge in [-0.05, 0) is 50.1 Å². The molecule has 11 nitrogen and oxygen atoms in total. The summed E-state index contributed by atoms with van der Waals surface area (Å²) in [5.41, 5.74) is 3.55. The number of para-hydroxylation sites is 2. The number of rotatable bonds is 7. The zero-order valence-corrected chi connectivity index (χ0v) is 20.8. The Kier molecular flexibility index (Phi) is 6.18. The summed E-state index contributed by atoms with van der Waals surface area (Å²) in [5.74, 6) is 1.01. The number of amides is 1. The Labute approximate surface area is 211 Å². The van der Waals surface area contributed by atoms with Gasteiger partial charge in [0.15, 0.2) is 23.8 Å². The Morgan fingerprint density at radius 3 is 2.62 bits per heavy atom. The molecule has 2 aromatic carbocycles. The average Bonchev–Trinajstić information content (AvgIpc) is 3.48. The van der Waals surface area contributed by atoms with E-state index in [1.54, 1.807) is 35.9 Å². The van der Waals surface area contributed by atoms with Crippen LogP contribution in [-0.2, 0) is 4.79 Å². The van der Waals surface area contributed by atoms with Gasteiger partial charge in [-0.25, -0.2) is 4.68 Å². The van der Waals surface area contributed by atoms with Gasteiger partial charge in [0.1, 0.15) is 11.2 Å². The summed E-state index contributed by atoms with van der Waals surface area (Å²) in [7, 11) is 1.53. The normalized spacial score (nSPS) is 11.0. The van der Waals surface area contributed by atoms with E-state index in [4.69, 9.17) is 9.47 Å². The van der Waals surface area contributed by atoms with Gasteiger partial charge in [0, 0.05) is 6.07 Å². The van der Waals surface area contributed by atoms with Crippen LogP contribution in [-0.4, -0.2) is 49.2 Å². The molecule has 0 radical (unpaired) electrons. The zero-order chi connectivity index (χ0) is 26.1. The third-order valence-corrected chi connectivity index (χ3v) is 5.96. The summed E-state index contributed by atoms with van der Waals surface area (Å²) in [6.07, 6.45) is 1.49. The molecule has 2 N–H and O–H groups in total. The Hall–Kier alpha value is -4.93. The minimum absolute atomic E-state index is 0.138. The highest BCUT2D eigenvalue weighted by Gasteiger charge is 2.18. The Morgan fingerprint density at radius 2 is 1.84 bits per heavy atom. The van der Waals surface area contributed by atoms with Crippen LogP contribution in [0.5, 0.6) is 11.5 Å². The molecule has 1 amide bonds. The molecule has 0 spiro atoms. The summed E-state index contributed by atoms with van der Waals surface area (Å²) in [6.45, 7) is 5.51. The molecule has 0 fully saturated rings. The van der Waals surface area contributed by atoms with Gasteiger partial charge in [-0.3, -0.25) is 14.6 Å². The molecule has 0 atom stereocenters. The first-order valence-corrected chi connectivity index (χ1v) is 11.5. The van der Waals surface area contributed by atoms with Crippen LogP contribution >= 0.6 is 0 Å². The number of anilines is 1. The second-order valence-electron chi connectivity index (χ2n) is 8.47. The molecule has 37 heavy (non-hydrogen) atoms. The van der Waals surface area contributed by atoms with Gasteiger partial charge in [0.05, 0.1) is 24.7 Å². The van der Waals surface area contributed by atoms with Gasteiger partial charge < -0.3 is 14.8 Å².